The Hall–Kier alpha value is -1.55. The minimum Gasteiger partial charge on any atom is -0.454 e. The first-order valence-corrected chi connectivity index (χ1v) is 5.30. The molecule has 0 amide bonds. The quantitative estimate of drug-likeness (QED) is 0.662. The molecule has 1 aromatic carbocycles. The molecule has 1 atom stereocenters. The fourth-order valence-corrected chi connectivity index (χ4v) is 2.18. The van der Waals surface area contributed by atoms with Crippen molar-refractivity contribution < 1.29 is 18.8 Å². The van der Waals surface area contributed by atoms with E-state index in [1.54, 1.807) is 7.11 Å². The van der Waals surface area contributed by atoms with Gasteiger partial charge >= 0.3 is 0 Å². The Morgan fingerprint density at radius 3 is 2.81 bits per heavy atom. The predicted octanol–water partition coefficient (Wildman–Crippen LogP) is 1.01. The van der Waals surface area contributed by atoms with Gasteiger partial charge in [-0.05, 0) is 17.7 Å². The zero-order chi connectivity index (χ0) is 11.1. The van der Waals surface area contributed by atoms with E-state index in [1.807, 2.05) is 19.2 Å². The highest BCUT2D eigenvalue weighted by Gasteiger charge is 2.27. The van der Waals surface area contributed by atoms with E-state index in [1.165, 1.54) is 11.1 Å². The van der Waals surface area contributed by atoms with Gasteiger partial charge in [0.05, 0.1) is 6.42 Å². The summed E-state index contributed by atoms with van der Waals surface area (Å²) < 4.78 is 18.2. The Labute approximate surface area is 94.1 Å². The molecule has 4 heteroatoms. The number of ether oxygens (including phenoxy) is 3. The van der Waals surface area contributed by atoms with E-state index in [-0.39, 0.29) is 6.23 Å². The topological polar surface area (TPSA) is 30.7 Å². The highest BCUT2D eigenvalue weighted by molar-refractivity contribution is 5.80. The number of methoxy groups -OCH3 is 1. The third kappa shape index (κ3) is 1.38. The van der Waals surface area contributed by atoms with Gasteiger partial charge in [0.1, 0.15) is 7.05 Å². The van der Waals surface area contributed by atoms with Crippen molar-refractivity contribution >= 4 is 6.21 Å². The highest BCUT2D eigenvalue weighted by Crippen LogP contribution is 2.35. The molecular weight excluding hydrogens is 206 g/mol. The lowest BCUT2D eigenvalue weighted by atomic mass is 10.0. The molecule has 0 radical (unpaired) electrons. The molecule has 1 aromatic rings. The molecule has 2 aliphatic heterocycles. The second-order valence-electron chi connectivity index (χ2n) is 4.09. The monoisotopic (exact) mass is 220 g/mol. The number of benzene rings is 1. The standard InChI is InChI=1S/C12H14NO3/c1-13-6-9-4-11-10(15-7-16-11)3-8(9)5-12(13)14-2/h3-4,6,12H,5,7H2,1-2H3/q+1. The number of nitrogens with zero attached hydrogens (tertiary/aromatic N) is 1. The molecule has 0 N–H and O–H groups in total. The van der Waals surface area contributed by atoms with Gasteiger partial charge in [0.15, 0.2) is 17.7 Å². The van der Waals surface area contributed by atoms with Gasteiger partial charge in [-0.3, -0.25) is 0 Å². The van der Waals surface area contributed by atoms with Crippen molar-refractivity contribution in [2.75, 3.05) is 21.0 Å². The maximum Gasteiger partial charge on any atom is 0.260 e. The van der Waals surface area contributed by atoms with Crippen LogP contribution in [0.4, 0.5) is 0 Å². The lowest BCUT2D eigenvalue weighted by Gasteiger charge is -2.18. The number of fused-ring (bicyclic) bond motifs is 2. The summed E-state index contributed by atoms with van der Waals surface area (Å²) in [5.41, 5.74) is 2.43. The molecule has 0 aliphatic carbocycles. The Kier molecular flexibility index (Phi) is 2.11. The zero-order valence-electron chi connectivity index (χ0n) is 9.40. The summed E-state index contributed by atoms with van der Waals surface area (Å²) in [6.07, 6.45) is 3.05. The van der Waals surface area contributed by atoms with Crippen LogP contribution < -0.4 is 9.47 Å². The lowest BCUT2D eigenvalue weighted by molar-refractivity contribution is -0.584. The molecule has 0 aromatic heterocycles. The van der Waals surface area contributed by atoms with Gasteiger partial charge in [-0.25, -0.2) is 4.58 Å². The molecule has 2 aliphatic rings. The molecule has 0 saturated heterocycles. The molecule has 84 valence electrons. The summed E-state index contributed by atoms with van der Waals surface area (Å²) in [4.78, 5) is 0. The largest absolute Gasteiger partial charge is 0.454 e. The van der Waals surface area contributed by atoms with Crippen LogP contribution in [-0.2, 0) is 11.2 Å². The fourth-order valence-electron chi connectivity index (χ4n) is 2.18. The van der Waals surface area contributed by atoms with E-state index in [9.17, 15) is 0 Å². The number of likely N-dealkylation sites (N-methyl/N-ethyl adjacent to an activating group) is 1. The van der Waals surface area contributed by atoms with Gasteiger partial charge in [-0.15, -0.1) is 0 Å². The van der Waals surface area contributed by atoms with E-state index < -0.39 is 0 Å². The molecule has 0 bridgehead atoms. The SMILES string of the molecule is COC1Cc2cc3c(cc2C=[N+]1C)OCO3. The Bertz CT molecular complexity index is 468. The van der Waals surface area contributed by atoms with Crippen LogP contribution in [-0.4, -0.2) is 38.0 Å². The molecule has 2 heterocycles. The van der Waals surface area contributed by atoms with Gasteiger partial charge in [-0.2, -0.15) is 0 Å². The molecule has 4 nitrogen and oxygen atoms in total. The first-order valence-electron chi connectivity index (χ1n) is 5.30. The van der Waals surface area contributed by atoms with E-state index in [4.69, 9.17) is 14.2 Å². The Balaban J connectivity index is 2.07. The molecule has 0 spiro atoms. The summed E-state index contributed by atoms with van der Waals surface area (Å²) in [5, 5.41) is 0. The minimum atomic E-state index is 0.105. The molecular formula is C12H14NO3+. The molecule has 0 saturated carbocycles. The van der Waals surface area contributed by atoms with Crippen LogP contribution in [0.25, 0.3) is 0 Å². The minimum absolute atomic E-state index is 0.105. The van der Waals surface area contributed by atoms with Crippen LogP contribution in [0.1, 0.15) is 11.1 Å². The molecule has 1 unspecified atom stereocenters. The first-order chi connectivity index (χ1) is 7.78. The average molecular weight is 220 g/mol. The van der Waals surface area contributed by atoms with E-state index >= 15 is 0 Å². The van der Waals surface area contributed by atoms with E-state index in [2.05, 4.69) is 10.8 Å². The van der Waals surface area contributed by atoms with Crippen molar-refractivity contribution in [1.82, 2.24) is 0 Å². The summed E-state index contributed by atoms with van der Waals surface area (Å²) in [6, 6.07) is 4.08. The van der Waals surface area contributed by atoms with Crippen LogP contribution in [0.15, 0.2) is 12.1 Å². The highest BCUT2D eigenvalue weighted by atomic mass is 16.7. The molecule has 16 heavy (non-hydrogen) atoms. The third-order valence-corrected chi connectivity index (χ3v) is 3.10. The van der Waals surface area contributed by atoms with Gasteiger partial charge in [0, 0.05) is 12.7 Å². The average Bonchev–Trinajstić information content (AvgIpc) is 2.72. The normalized spacial score (nSPS) is 21.6. The van der Waals surface area contributed by atoms with E-state index in [0.29, 0.717) is 6.79 Å². The van der Waals surface area contributed by atoms with Crippen LogP contribution in [0.3, 0.4) is 0 Å². The Morgan fingerprint density at radius 1 is 1.31 bits per heavy atom. The second-order valence-corrected chi connectivity index (χ2v) is 4.09. The van der Waals surface area contributed by atoms with Crippen LogP contribution in [0, 0.1) is 0 Å². The van der Waals surface area contributed by atoms with Crippen LogP contribution in [0.2, 0.25) is 0 Å². The molecule has 0 fully saturated rings. The molecule has 3 rings (SSSR count). The first kappa shape index (κ1) is 9.66. The number of rotatable bonds is 1. The number of hydrogen-bond donors (Lipinski definition) is 0. The lowest BCUT2D eigenvalue weighted by Crippen LogP contribution is -2.32. The second kappa shape index (κ2) is 3.49. The van der Waals surface area contributed by atoms with Crippen molar-refractivity contribution in [2.45, 2.75) is 12.6 Å². The van der Waals surface area contributed by atoms with Crippen LogP contribution >= 0.6 is 0 Å². The van der Waals surface area contributed by atoms with Gasteiger partial charge in [0.25, 0.3) is 6.23 Å². The third-order valence-electron chi connectivity index (χ3n) is 3.10. The maximum atomic E-state index is 5.40. The van der Waals surface area contributed by atoms with Gasteiger partial charge in [-0.1, -0.05) is 0 Å². The fraction of sp³-hybridized carbons (Fsp3) is 0.417. The summed E-state index contributed by atoms with van der Waals surface area (Å²) in [6.45, 7) is 0.321. The van der Waals surface area contributed by atoms with Crippen molar-refractivity contribution in [1.29, 1.82) is 0 Å². The summed E-state index contributed by atoms with van der Waals surface area (Å²) in [7, 11) is 3.74. The number of hydrogen-bond acceptors (Lipinski definition) is 3. The Morgan fingerprint density at radius 2 is 2.06 bits per heavy atom. The van der Waals surface area contributed by atoms with Crippen molar-refractivity contribution in [3.63, 3.8) is 0 Å². The van der Waals surface area contributed by atoms with Crippen molar-refractivity contribution in [2.24, 2.45) is 0 Å². The van der Waals surface area contributed by atoms with Crippen molar-refractivity contribution in [3.8, 4) is 11.5 Å². The smallest absolute Gasteiger partial charge is 0.260 e. The zero-order valence-corrected chi connectivity index (χ0v) is 9.40. The van der Waals surface area contributed by atoms with Crippen molar-refractivity contribution in [3.05, 3.63) is 23.3 Å². The maximum absolute atomic E-state index is 5.40. The summed E-state index contributed by atoms with van der Waals surface area (Å²) >= 11 is 0. The van der Waals surface area contributed by atoms with E-state index in [0.717, 1.165) is 17.9 Å². The predicted molar refractivity (Wildman–Crippen MR) is 58.4 cm³/mol. The van der Waals surface area contributed by atoms with Crippen LogP contribution in [0.5, 0.6) is 11.5 Å². The summed E-state index contributed by atoms with van der Waals surface area (Å²) in [5.74, 6) is 1.67. The van der Waals surface area contributed by atoms with Gasteiger partial charge < -0.3 is 14.2 Å². The van der Waals surface area contributed by atoms with Gasteiger partial charge in [0.2, 0.25) is 6.79 Å².